The Hall–Kier alpha value is -2.56. The highest BCUT2D eigenvalue weighted by atomic mass is 19.1. The first-order valence-electron chi connectivity index (χ1n) is 7.95. The number of anilines is 1. The van der Waals surface area contributed by atoms with Gasteiger partial charge in [0, 0.05) is 39.9 Å². The van der Waals surface area contributed by atoms with Crippen LogP contribution in [0.4, 0.5) is 14.9 Å². The van der Waals surface area contributed by atoms with Gasteiger partial charge in [-0.15, -0.1) is 0 Å². The maximum Gasteiger partial charge on any atom is 0.317 e. The predicted octanol–water partition coefficient (Wildman–Crippen LogP) is 3.28. The molecule has 0 saturated heterocycles. The molecular formula is C19H24FN3O. The second-order valence-electron chi connectivity index (χ2n) is 6.03. The average Bonchev–Trinajstić information content (AvgIpc) is 2.55. The van der Waals surface area contributed by atoms with E-state index in [1.165, 1.54) is 12.1 Å². The largest absolute Gasteiger partial charge is 0.378 e. The van der Waals surface area contributed by atoms with E-state index >= 15 is 0 Å². The Morgan fingerprint density at radius 1 is 1.04 bits per heavy atom. The van der Waals surface area contributed by atoms with E-state index in [0.717, 1.165) is 16.8 Å². The normalized spacial score (nSPS) is 10.3. The summed E-state index contributed by atoms with van der Waals surface area (Å²) in [4.78, 5) is 15.8. The number of carbonyl (C=O) groups excluding carboxylic acids is 1. The zero-order valence-electron chi connectivity index (χ0n) is 14.4. The Bertz CT molecular complexity index is 671. The smallest absolute Gasteiger partial charge is 0.317 e. The molecule has 0 spiro atoms. The lowest BCUT2D eigenvalue weighted by atomic mass is 10.1. The number of rotatable bonds is 6. The van der Waals surface area contributed by atoms with Crippen molar-refractivity contribution in [3.05, 3.63) is 65.5 Å². The Labute approximate surface area is 142 Å². The molecule has 0 saturated carbocycles. The van der Waals surface area contributed by atoms with Gasteiger partial charge in [0.1, 0.15) is 5.82 Å². The third kappa shape index (κ3) is 5.26. The van der Waals surface area contributed by atoms with Gasteiger partial charge in [0.05, 0.1) is 0 Å². The van der Waals surface area contributed by atoms with E-state index in [9.17, 15) is 9.18 Å². The number of hydrogen-bond acceptors (Lipinski definition) is 2. The quantitative estimate of drug-likeness (QED) is 0.883. The topological polar surface area (TPSA) is 35.6 Å². The van der Waals surface area contributed by atoms with Crippen LogP contribution in [0.3, 0.4) is 0 Å². The van der Waals surface area contributed by atoms with Crippen LogP contribution in [0.15, 0.2) is 48.5 Å². The Morgan fingerprint density at radius 3 is 2.38 bits per heavy atom. The van der Waals surface area contributed by atoms with Gasteiger partial charge in [-0.25, -0.2) is 9.18 Å². The molecule has 0 aromatic heterocycles. The van der Waals surface area contributed by atoms with E-state index < -0.39 is 0 Å². The molecule has 2 amide bonds. The van der Waals surface area contributed by atoms with Gasteiger partial charge in [-0.05, 0) is 41.8 Å². The molecule has 4 nitrogen and oxygen atoms in total. The van der Waals surface area contributed by atoms with E-state index in [4.69, 9.17) is 0 Å². The Kier molecular flexibility index (Phi) is 6.18. The molecule has 1 N–H and O–H groups in total. The van der Waals surface area contributed by atoms with Crippen molar-refractivity contribution in [2.24, 2.45) is 0 Å². The highest BCUT2D eigenvalue weighted by Crippen LogP contribution is 2.13. The fourth-order valence-electron chi connectivity index (χ4n) is 2.39. The van der Waals surface area contributed by atoms with Crippen LogP contribution in [0.2, 0.25) is 0 Å². The number of hydrogen-bond donors (Lipinski definition) is 1. The van der Waals surface area contributed by atoms with E-state index in [0.29, 0.717) is 19.5 Å². The summed E-state index contributed by atoms with van der Waals surface area (Å²) >= 11 is 0. The molecule has 0 radical (unpaired) electrons. The molecule has 5 heteroatoms. The lowest BCUT2D eigenvalue weighted by Gasteiger charge is -2.19. The Morgan fingerprint density at radius 2 is 1.75 bits per heavy atom. The van der Waals surface area contributed by atoms with Gasteiger partial charge < -0.3 is 15.1 Å². The van der Waals surface area contributed by atoms with Gasteiger partial charge in [0.25, 0.3) is 0 Å². The summed E-state index contributed by atoms with van der Waals surface area (Å²) in [6.45, 7) is 1.02. The number of carbonyl (C=O) groups is 1. The van der Waals surface area contributed by atoms with Crippen molar-refractivity contribution in [2.75, 3.05) is 32.6 Å². The minimum absolute atomic E-state index is 0.136. The summed E-state index contributed by atoms with van der Waals surface area (Å²) in [5.74, 6) is -0.253. The number of urea groups is 1. The van der Waals surface area contributed by atoms with Crippen LogP contribution >= 0.6 is 0 Å². The van der Waals surface area contributed by atoms with Crippen LogP contribution < -0.4 is 10.2 Å². The van der Waals surface area contributed by atoms with E-state index in [1.54, 1.807) is 18.0 Å². The summed E-state index contributed by atoms with van der Waals surface area (Å²) in [7, 11) is 5.75. The fraction of sp³-hybridized carbons (Fsp3) is 0.316. The van der Waals surface area contributed by atoms with Crippen LogP contribution in [-0.4, -0.2) is 38.6 Å². The number of benzene rings is 2. The first kappa shape index (κ1) is 17.8. The maximum absolute atomic E-state index is 13.1. The van der Waals surface area contributed by atoms with Crippen molar-refractivity contribution in [3.8, 4) is 0 Å². The van der Waals surface area contributed by atoms with E-state index in [2.05, 4.69) is 5.32 Å². The Balaban J connectivity index is 1.79. The van der Waals surface area contributed by atoms with Gasteiger partial charge >= 0.3 is 6.03 Å². The molecule has 0 bridgehead atoms. The molecule has 24 heavy (non-hydrogen) atoms. The number of nitrogens with zero attached hydrogens (tertiary/aromatic N) is 2. The lowest BCUT2D eigenvalue weighted by molar-refractivity contribution is 0.207. The standard InChI is InChI=1S/C19H24FN3O/c1-22(2)18-9-7-16(8-10-18)14-23(3)19(24)21-12-11-15-5-4-6-17(20)13-15/h4-10,13H,11-12,14H2,1-3H3,(H,21,24). The molecule has 2 aromatic rings. The predicted molar refractivity (Wildman–Crippen MR) is 95.7 cm³/mol. The van der Waals surface area contributed by atoms with Gasteiger partial charge in [-0.3, -0.25) is 0 Å². The second-order valence-corrected chi connectivity index (χ2v) is 6.03. The van der Waals surface area contributed by atoms with Crippen LogP contribution in [0.25, 0.3) is 0 Å². The van der Waals surface area contributed by atoms with Gasteiger partial charge in [0.15, 0.2) is 0 Å². The van der Waals surface area contributed by atoms with Gasteiger partial charge in [-0.1, -0.05) is 24.3 Å². The van der Waals surface area contributed by atoms with Crippen LogP contribution in [0.1, 0.15) is 11.1 Å². The van der Waals surface area contributed by atoms with Crippen molar-refractivity contribution < 1.29 is 9.18 Å². The highest BCUT2D eigenvalue weighted by molar-refractivity contribution is 5.73. The zero-order chi connectivity index (χ0) is 17.5. The maximum atomic E-state index is 13.1. The number of amides is 2. The molecule has 0 unspecified atom stereocenters. The van der Waals surface area contributed by atoms with E-state index in [-0.39, 0.29) is 11.8 Å². The third-order valence-corrected chi connectivity index (χ3v) is 3.80. The van der Waals surface area contributed by atoms with Crippen molar-refractivity contribution in [1.82, 2.24) is 10.2 Å². The van der Waals surface area contributed by atoms with Crippen molar-refractivity contribution >= 4 is 11.7 Å². The SMILES string of the molecule is CN(Cc1ccc(N(C)C)cc1)C(=O)NCCc1cccc(F)c1. The van der Waals surface area contributed by atoms with Crippen LogP contribution in [0.5, 0.6) is 0 Å². The van der Waals surface area contributed by atoms with Crippen LogP contribution in [-0.2, 0) is 13.0 Å². The molecule has 0 atom stereocenters. The summed E-state index contributed by atoms with van der Waals surface area (Å²) in [6, 6.07) is 14.4. The molecule has 2 rings (SSSR count). The first-order chi connectivity index (χ1) is 11.5. The van der Waals surface area contributed by atoms with Crippen LogP contribution in [0, 0.1) is 5.82 Å². The number of nitrogens with one attached hydrogen (secondary N) is 1. The first-order valence-corrected chi connectivity index (χ1v) is 7.95. The molecule has 0 fully saturated rings. The molecular weight excluding hydrogens is 305 g/mol. The summed E-state index contributed by atoms with van der Waals surface area (Å²) in [5, 5.41) is 2.86. The van der Waals surface area contributed by atoms with Gasteiger partial charge in [0.2, 0.25) is 0 Å². The summed E-state index contributed by atoms with van der Waals surface area (Å²) < 4.78 is 13.1. The molecule has 0 aliphatic carbocycles. The second kappa shape index (κ2) is 8.34. The molecule has 0 heterocycles. The lowest BCUT2D eigenvalue weighted by Crippen LogP contribution is -2.37. The minimum Gasteiger partial charge on any atom is -0.378 e. The fourth-order valence-corrected chi connectivity index (χ4v) is 2.39. The van der Waals surface area contributed by atoms with E-state index in [1.807, 2.05) is 49.3 Å². The average molecular weight is 329 g/mol. The van der Waals surface area contributed by atoms with Crippen molar-refractivity contribution in [1.29, 1.82) is 0 Å². The highest BCUT2D eigenvalue weighted by Gasteiger charge is 2.08. The summed E-state index contributed by atoms with van der Waals surface area (Å²) in [6.07, 6.45) is 0.606. The van der Waals surface area contributed by atoms with Crippen molar-refractivity contribution in [2.45, 2.75) is 13.0 Å². The molecule has 128 valence electrons. The molecule has 0 aliphatic heterocycles. The molecule has 0 aliphatic rings. The third-order valence-electron chi connectivity index (χ3n) is 3.80. The zero-order valence-corrected chi connectivity index (χ0v) is 14.4. The summed E-state index contributed by atoms with van der Waals surface area (Å²) in [5.41, 5.74) is 3.07. The van der Waals surface area contributed by atoms with Gasteiger partial charge in [-0.2, -0.15) is 0 Å². The van der Waals surface area contributed by atoms with Crippen molar-refractivity contribution in [3.63, 3.8) is 0 Å². The molecule has 2 aromatic carbocycles. The minimum atomic E-state index is -0.253. The number of halogens is 1. The monoisotopic (exact) mass is 329 g/mol.